The topological polar surface area (TPSA) is 51.6 Å². The first-order valence-corrected chi connectivity index (χ1v) is 36.7. The SMILES string of the molecule is c1ccc(-c2cc(-c3ccc(-c4ccc5c(c4)C(c4ccccc4)(c4ccccc4)c4ccccc4-5)cc3)nc(-c3ccc4c(c3)C3c5ccccc5C4c4cc(-c5nc(-c6ccccc6)cc(-c6ccc(-c7ccc8c(c7)C(c7ccccc7)(c7ccccc7)c7ccccc7-8)cc6)n5)ccc43)n2)cc1. The van der Waals surface area contributed by atoms with Crippen LogP contribution in [0, 0.1) is 0 Å². The van der Waals surface area contributed by atoms with E-state index in [2.05, 4.69) is 388 Å². The molecule has 0 spiro atoms. The number of benzene rings is 15. The summed E-state index contributed by atoms with van der Waals surface area (Å²) in [6, 6.07) is 142. The van der Waals surface area contributed by atoms with Crippen molar-refractivity contribution in [3.8, 4) is 112 Å². The van der Waals surface area contributed by atoms with Crippen LogP contribution in [0.3, 0.4) is 0 Å². The summed E-state index contributed by atoms with van der Waals surface area (Å²) in [5.74, 6) is 1.36. The Hall–Kier alpha value is -13.5. The quantitative estimate of drug-likeness (QED) is 0.122. The molecule has 2 heterocycles. The summed E-state index contributed by atoms with van der Waals surface area (Å²) in [5, 5.41) is 0. The molecular weight excluding hydrogens is 1280 g/mol. The lowest BCUT2D eigenvalue weighted by Gasteiger charge is -2.42. The lowest BCUT2D eigenvalue weighted by atomic mass is 9.61. The van der Waals surface area contributed by atoms with Gasteiger partial charge in [-0.3, -0.25) is 0 Å². The Balaban J connectivity index is 0.623. The highest BCUT2D eigenvalue weighted by Crippen LogP contribution is 2.60. The number of hydrogen-bond donors (Lipinski definition) is 0. The molecule has 0 saturated carbocycles. The van der Waals surface area contributed by atoms with Crippen LogP contribution in [0.1, 0.15) is 89.7 Å². The smallest absolute Gasteiger partial charge is 0.160 e. The Bertz CT molecular complexity index is 5830. The van der Waals surface area contributed by atoms with Gasteiger partial charge in [-0.15, -0.1) is 0 Å². The number of nitrogens with zero attached hydrogens (tertiary/aromatic N) is 4. The molecule has 17 aromatic rings. The average molecular weight is 1350 g/mol. The van der Waals surface area contributed by atoms with Gasteiger partial charge in [0, 0.05) is 45.2 Å². The molecule has 0 radical (unpaired) electrons. The minimum atomic E-state index is -0.486. The average Bonchev–Trinajstić information content (AvgIpc) is 1.26. The molecule has 0 N–H and O–H groups in total. The van der Waals surface area contributed by atoms with Crippen LogP contribution in [-0.2, 0) is 10.8 Å². The third-order valence-electron chi connectivity index (χ3n) is 23.1. The lowest BCUT2D eigenvalue weighted by molar-refractivity contribution is 0.754. The fourth-order valence-corrected chi connectivity index (χ4v) is 18.4. The fourth-order valence-electron chi connectivity index (χ4n) is 18.4. The summed E-state index contributed by atoms with van der Waals surface area (Å²) < 4.78 is 0. The Labute approximate surface area is 617 Å². The van der Waals surface area contributed by atoms with E-state index in [9.17, 15) is 0 Å². The van der Waals surface area contributed by atoms with Gasteiger partial charge in [-0.05, 0) is 159 Å². The van der Waals surface area contributed by atoms with E-state index in [1.54, 1.807) is 0 Å². The highest BCUT2D eigenvalue weighted by atomic mass is 14.9. The third kappa shape index (κ3) is 9.54. The lowest BCUT2D eigenvalue weighted by Crippen LogP contribution is -2.28. The molecule has 2 atom stereocenters. The zero-order valence-electron chi connectivity index (χ0n) is 57.9. The summed E-state index contributed by atoms with van der Waals surface area (Å²) in [4.78, 5) is 21.8. The Morgan fingerprint density at radius 3 is 0.792 bits per heavy atom. The van der Waals surface area contributed by atoms with Crippen LogP contribution in [0.2, 0.25) is 0 Å². The van der Waals surface area contributed by atoms with Crippen LogP contribution in [0.5, 0.6) is 0 Å². The van der Waals surface area contributed by atoms with Crippen LogP contribution in [0.4, 0.5) is 0 Å². The van der Waals surface area contributed by atoms with Crippen molar-refractivity contribution >= 4 is 0 Å². The molecule has 0 saturated heterocycles. The van der Waals surface area contributed by atoms with E-state index >= 15 is 0 Å². The summed E-state index contributed by atoms with van der Waals surface area (Å²) >= 11 is 0. The van der Waals surface area contributed by atoms with Gasteiger partial charge in [0.2, 0.25) is 0 Å². The Morgan fingerprint density at radius 2 is 0.434 bits per heavy atom. The van der Waals surface area contributed by atoms with E-state index in [1.165, 1.54) is 100 Å². The second kappa shape index (κ2) is 24.6. The van der Waals surface area contributed by atoms with Crippen molar-refractivity contribution in [2.24, 2.45) is 0 Å². The molecule has 22 rings (SSSR count). The Kier molecular flexibility index (Phi) is 14.2. The van der Waals surface area contributed by atoms with Gasteiger partial charge >= 0.3 is 0 Å². The fraction of sp³-hybridized carbons (Fsp3) is 0.0392. The Morgan fingerprint density at radius 1 is 0.170 bits per heavy atom. The maximum absolute atomic E-state index is 5.50. The molecule has 4 nitrogen and oxygen atoms in total. The standard InChI is InChI=1S/C102H66N4/c1-7-25-67(26-8-1)93-63-95(69-47-43-65(44-48-69)71-51-55-81-79-37-21-23-41-89(79)101(91(81)61-71,75-29-11-3-12-30-75)76-31-13-4-14-32-76)105-99(103-93)73-53-57-85-87(59-73)97-83-39-19-20-40-84(83)98(85)88-60-74(54-58-86(88)97)100-104-94(68-27-9-2-10-28-68)64-96(106-100)70-49-45-66(46-50-70)72-52-56-82-80-38-22-24-42-90(80)102(92(82)62-72,77-33-15-5-16-34-77)78-35-17-6-18-36-78/h1-64,97-98H. The molecule has 494 valence electrons. The van der Waals surface area contributed by atoms with Gasteiger partial charge in [-0.1, -0.05) is 352 Å². The van der Waals surface area contributed by atoms with Crippen LogP contribution in [0.25, 0.3) is 112 Å². The molecule has 4 heteroatoms. The normalized spacial score (nSPS) is 14.8. The van der Waals surface area contributed by atoms with E-state index in [-0.39, 0.29) is 11.8 Å². The monoisotopic (exact) mass is 1350 g/mol. The molecule has 106 heavy (non-hydrogen) atoms. The first-order chi connectivity index (χ1) is 52.5. The molecule has 15 aromatic carbocycles. The highest BCUT2D eigenvalue weighted by Gasteiger charge is 2.48. The maximum Gasteiger partial charge on any atom is 0.160 e. The molecule has 2 aromatic heterocycles. The molecule has 0 amide bonds. The minimum absolute atomic E-state index is 0.0109. The molecule has 0 fully saturated rings. The largest absolute Gasteiger partial charge is 0.228 e. The molecule has 5 aliphatic rings. The van der Waals surface area contributed by atoms with Crippen LogP contribution < -0.4 is 0 Å². The van der Waals surface area contributed by atoms with E-state index < -0.39 is 10.8 Å². The second-order valence-electron chi connectivity index (χ2n) is 28.6. The van der Waals surface area contributed by atoms with Crippen molar-refractivity contribution in [2.45, 2.75) is 22.7 Å². The minimum Gasteiger partial charge on any atom is -0.228 e. The van der Waals surface area contributed by atoms with E-state index in [1.807, 2.05) is 0 Å². The van der Waals surface area contributed by atoms with Gasteiger partial charge in [0.15, 0.2) is 11.6 Å². The van der Waals surface area contributed by atoms with Crippen molar-refractivity contribution in [1.29, 1.82) is 0 Å². The molecule has 0 aliphatic heterocycles. The van der Waals surface area contributed by atoms with Crippen molar-refractivity contribution < 1.29 is 0 Å². The number of fused-ring (bicyclic) bond motifs is 6. The predicted molar refractivity (Wildman–Crippen MR) is 430 cm³/mol. The summed E-state index contributed by atoms with van der Waals surface area (Å²) in [6.45, 7) is 0. The van der Waals surface area contributed by atoms with Crippen LogP contribution in [-0.4, -0.2) is 19.9 Å². The van der Waals surface area contributed by atoms with Crippen molar-refractivity contribution in [3.05, 3.63) is 466 Å². The molecular formula is C102H66N4. The van der Waals surface area contributed by atoms with Gasteiger partial charge in [0.05, 0.1) is 33.6 Å². The van der Waals surface area contributed by atoms with Gasteiger partial charge < -0.3 is 0 Å². The number of rotatable bonds is 12. The van der Waals surface area contributed by atoms with Crippen LogP contribution >= 0.6 is 0 Å². The number of hydrogen-bond acceptors (Lipinski definition) is 4. The van der Waals surface area contributed by atoms with Crippen molar-refractivity contribution in [2.75, 3.05) is 0 Å². The van der Waals surface area contributed by atoms with E-state index in [0.29, 0.717) is 11.6 Å². The van der Waals surface area contributed by atoms with Gasteiger partial charge in [0.1, 0.15) is 0 Å². The van der Waals surface area contributed by atoms with E-state index in [4.69, 9.17) is 19.9 Å². The highest BCUT2D eigenvalue weighted by molar-refractivity contribution is 5.91. The summed E-state index contributed by atoms with van der Waals surface area (Å²) in [5.41, 5.74) is 36.3. The zero-order valence-corrected chi connectivity index (χ0v) is 57.9. The maximum atomic E-state index is 5.50. The first-order valence-electron chi connectivity index (χ1n) is 36.7. The number of aromatic nitrogens is 4. The van der Waals surface area contributed by atoms with Gasteiger partial charge in [-0.2, -0.15) is 0 Å². The summed E-state index contributed by atoms with van der Waals surface area (Å²) in [6.07, 6.45) is 0. The predicted octanol–water partition coefficient (Wildman–Crippen LogP) is 24.3. The van der Waals surface area contributed by atoms with Crippen molar-refractivity contribution in [1.82, 2.24) is 19.9 Å². The van der Waals surface area contributed by atoms with Crippen molar-refractivity contribution in [3.63, 3.8) is 0 Å². The third-order valence-corrected chi connectivity index (χ3v) is 23.1. The van der Waals surface area contributed by atoms with Crippen LogP contribution in [0.15, 0.2) is 388 Å². The van der Waals surface area contributed by atoms with Gasteiger partial charge in [-0.25, -0.2) is 19.9 Å². The first kappa shape index (κ1) is 61.2. The molecule has 2 bridgehead atoms. The molecule has 5 aliphatic carbocycles. The summed E-state index contributed by atoms with van der Waals surface area (Å²) in [7, 11) is 0. The molecule has 2 unspecified atom stereocenters. The van der Waals surface area contributed by atoms with E-state index in [0.717, 1.165) is 78.4 Å². The van der Waals surface area contributed by atoms with Gasteiger partial charge in [0.25, 0.3) is 0 Å². The zero-order chi connectivity index (χ0) is 69.9. The second-order valence-corrected chi connectivity index (χ2v) is 28.6.